The summed E-state index contributed by atoms with van der Waals surface area (Å²) >= 11 is 0. The van der Waals surface area contributed by atoms with E-state index in [1.807, 2.05) is 12.1 Å². The third-order valence-electron chi connectivity index (χ3n) is 6.12. The zero-order valence-corrected chi connectivity index (χ0v) is 19.9. The van der Waals surface area contributed by atoms with Gasteiger partial charge in [-0.25, -0.2) is 0 Å². The van der Waals surface area contributed by atoms with Crippen molar-refractivity contribution in [3.05, 3.63) is 47.5 Å². The van der Waals surface area contributed by atoms with Gasteiger partial charge >= 0.3 is 7.12 Å². The van der Waals surface area contributed by atoms with E-state index in [1.54, 1.807) is 7.11 Å². The van der Waals surface area contributed by atoms with Crippen molar-refractivity contribution in [1.29, 1.82) is 0 Å². The van der Waals surface area contributed by atoms with E-state index in [0.29, 0.717) is 0 Å². The van der Waals surface area contributed by atoms with Gasteiger partial charge in [0.05, 0.1) is 11.2 Å². The van der Waals surface area contributed by atoms with Crippen molar-refractivity contribution in [2.24, 2.45) is 0 Å². The lowest BCUT2D eigenvalue weighted by Gasteiger charge is -2.32. The standard InChI is InChI=1S/C25H35BO4/c1-17-14-19(22(28-16-27-9)20(15-17)23(2,3)4)18-12-10-11-13-21(18)26-29-24(5,6)25(7,8)30-26/h10-15H,16H2,1-9H3. The van der Waals surface area contributed by atoms with E-state index in [9.17, 15) is 0 Å². The minimum atomic E-state index is -0.444. The summed E-state index contributed by atoms with van der Waals surface area (Å²) < 4.78 is 24.1. The number of hydrogen-bond donors (Lipinski definition) is 0. The van der Waals surface area contributed by atoms with Gasteiger partial charge in [0.15, 0.2) is 6.79 Å². The fraction of sp³-hybridized carbons (Fsp3) is 0.520. The lowest BCUT2D eigenvalue weighted by molar-refractivity contribution is 0.00578. The van der Waals surface area contributed by atoms with Crippen LogP contribution >= 0.6 is 0 Å². The SMILES string of the molecule is COCOc1c(-c2ccccc2B2OC(C)(C)C(C)(C)O2)cc(C)cc1C(C)(C)C. The molecular weight excluding hydrogens is 375 g/mol. The Morgan fingerprint density at radius 2 is 1.53 bits per heavy atom. The Morgan fingerprint density at radius 1 is 0.933 bits per heavy atom. The molecule has 0 aromatic heterocycles. The van der Waals surface area contributed by atoms with Gasteiger partial charge in [0.1, 0.15) is 5.75 Å². The predicted octanol–water partition coefficient (Wildman–Crippen LogP) is 5.24. The predicted molar refractivity (Wildman–Crippen MR) is 124 cm³/mol. The first-order valence-electron chi connectivity index (χ1n) is 10.6. The van der Waals surface area contributed by atoms with Gasteiger partial charge in [-0.3, -0.25) is 0 Å². The lowest BCUT2D eigenvalue weighted by atomic mass is 9.73. The van der Waals surface area contributed by atoms with Gasteiger partial charge in [-0.05, 0) is 62.7 Å². The van der Waals surface area contributed by atoms with Crippen molar-refractivity contribution in [1.82, 2.24) is 0 Å². The van der Waals surface area contributed by atoms with Crippen LogP contribution in [0, 0.1) is 6.92 Å². The van der Waals surface area contributed by atoms with Crippen LogP contribution in [0.3, 0.4) is 0 Å². The van der Waals surface area contributed by atoms with Crippen LogP contribution in [0.1, 0.15) is 59.6 Å². The maximum absolute atomic E-state index is 6.37. The molecule has 0 spiro atoms. The molecule has 5 heteroatoms. The highest BCUT2D eigenvalue weighted by molar-refractivity contribution is 6.63. The molecule has 0 atom stereocenters. The quantitative estimate of drug-likeness (QED) is 0.499. The maximum Gasteiger partial charge on any atom is 0.495 e. The Labute approximate surface area is 182 Å². The summed E-state index contributed by atoms with van der Waals surface area (Å²) in [5, 5.41) is 0. The number of aryl methyl sites for hydroxylation is 1. The Hall–Kier alpha value is -1.82. The molecule has 0 aliphatic carbocycles. The summed E-state index contributed by atoms with van der Waals surface area (Å²) in [7, 11) is 1.20. The van der Waals surface area contributed by atoms with E-state index < -0.39 is 18.3 Å². The third kappa shape index (κ3) is 4.29. The molecular formula is C25H35BO4. The van der Waals surface area contributed by atoms with Gasteiger partial charge < -0.3 is 18.8 Å². The van der Waals surface area contributed by atoms with Crippen LogP contribution in [0.25, 0.3) is 11.1 Å². The Balaban J connectivity index is 2.19. The van der Waals surface area contributed by atoms with Crippen LogP contribution in [0.4, 0.5) is 0 Å². The number of methoxy groups -OCH3 is 1. The molecule has 4 nitrogen and oxygen atoms in total. The second kappa shape index (κ2) is 8.03. The summed E-state index contributed by atoms with van der Waals surface area (Å²) in [6, 6.07) is 12.6. The first-order chi connectivity index (χ1) is 13.9. The molecule has 1 saturated heterocycles. The average molecular weight is 410 g/mol. The zero-order valence-electron chi connectivity index (χ0n) is 19.9. The van der Waals surface area contributed by atoms with Crippen molar-refractivity contribution < 1.29 is 18.8 Å². The summed E-state index contributed by atoms with van der Waals surface area (Å²) in [6.45, 7) is 17.2. The molecule has 0 radical (unpaired) electrons. The molecule has 1 fully saturated rings. The van der Waals surface area contributed by atoms with E-state index in [4.69, 9.17) is 18.8 Å². The smallest absolute Gasteiger partial charge is 0.467 e. The van der Waals surface area contributed by atoms with Crippen molar-refractivity contribution >= 4 is 12.6 Å². The van der Waals surface area contributed by atoms with Crippen LogP contribution in [0.2, 0.25) is 0 Å². The summed E-state index contributed by atoms with van der Waals surface area (Å²) in [6.07, 6.45) is 0. The number of rotatable bonds is 5. The molecule has 0 unspecified atom stereocenters. The molecule has 1 aliphatic rings. The van der Waals surface area contributed by atoms with Gasteiger partial charge in [0, 0.05) is 18.2 Å². The zero-order chi connectivity index (χ0) is 22.3. The fourth-order valence-corrected chi connectivity index (χ4v) is 3.72. The highest BCUT2D eigenvalue weighted by atomic mass is 16.7. The minimum Gasteiger partial charge on any atom is -0.467 e. The molecule has 30 heavy (non-hydrogen) atoms. The topological polar surface area (TPSA) is 36.9 Å². The van der Waals surface area contributed by atoms with Crippen LogP contribution in [0.5, 0.6) is 5.75 Å². The van der Waals surface area contributed by atoms with E-state index in [1.165, 1.54) is 5.56 Å². The molecule has 162 valence electrons. The molecule has 2 aromatic carbocycles. The molecule has 1 aliphatic heterocycles. The normalized spacial score (nSPS) is 18.0. The number of hydrogen-bond acceptors (Lipinski definition) is 4. The summed E-state index contributed by atoms with van der Waals surface area (Å²) in [4.78, 5) is 0. The third-order valence-corrected chi connectivity index (χ3v) is 6.12. The molecule has 3 rings (SSSR count). The largest absolute Gasteiger partial charge is 0.495 e. The Bertz CT molecular complexity index is 896. The van der Waals surface area contributed by atoms with Gasteiger partial charge in [0.2, 0.25) is 0 Å². The highest BCUT2D eigenvalue weighted by Gasteiger charge is 2.52. The maximum atomic E-state index is 6.37. The molecule has 0 bridgehead atoms. The van der Waals surface area contributed by atoms with Gasteiger partial charge in [-0.2, -0.15) is 0 Å². The van der Waals surface area contributed by atoms with E-state index in [2.05, 4.69) is 79.7 Å². The van der Waals surface area contributed by atoms with Crippen molar-refractivity contribution in [2.75, 3.05) is 13.9 Å². The van der Waals surface area contributed by atoms with Crippen LogP contribution in [-0.2, 0) is 19.5 Å². The highest BCUT2D eigenvalue weighted by Crippen LogP contribution is 2.42. The lowest BCUT2D eigenvalue weighted by Crippen LogP contribution is -2.41. The minimum absolute atomic E-state index is 0.0802. The monoisotopic (exact) mass is 410 g/mol. The molecule has 1 heterocycles. The number of benzene rings is 2. The first-order valence-corrected chi connectivity index (χ1v) is 10.6. The summed E-state index contributed by atoms with van der Waals surface area (Å²) in [5.74, 6) is 0.846. The number of ether oxygens (including phenoxy) is 2. The van der Waals surface area contributed by atoms with Crippen LogP contribution in [0.15, 0.2) is 36.4 Å². The second-order valence-corrected chi connectivity index (χ2v) is 10.2. The molecule has 0 N–H and O–H groups in total. The Kier molecular flexibility index (Phi) is 6.12. The van der Waals surface area contributed by atoms with E-state index in [-0.39, 0.29) is 12.2 Å². The van der Waals surface area contributed by atoms with E-state index >= 15 is 0 Å². The first kappa shape index (κ1) is 22.9. The van der Waals surface area contributed by atoms with Gasteiger partial charge in [0.25, 0.3) is 0 Å². The Morgan fingerprint density at radius 3 is 2.10 bits per heavy atom. The molecule has 2 aromatic rings. The molecule has 0 amide bonds. The van der Waals surface area contributed by atoms with Crippen LogP contribution < -0.4 is 10.2 Å². The fourth-order valence-electron chi connectivity index (χ4n) is 3.72. The molecule has 0 saturated carbocycles. The van der Waals surface area contributed by atoms with Crippen molar-refractivity contribution in [3.63, 3.8) is 0 Å². The van der Waals surface area contributed by atoms with Crippen molar-refractivity contribution in [3.8, 4) is 16.9 Å². The van der Waals surface area contributed by atoms with Crippen LogP contribution in [-0.4, -0.2) is 32.2 Å². The van der Waals surface area contributed by atoms with Crippen molar-refractivity contribution in [2.45, 2.75) is 72.0 Å². The second-order valence-electron chi connectivity index (χ2n) is 10.2. The van der Waals surface area contributed by atoms with Gasteiger partial charge in [-0.15, -0.1) is 0 Å². The summed E-state index contributed by atoms with van der Waals surface area (Å²) in [5.41, 5.74) is 4.54. The average Bonchev–Trinajstić information content (AvgIpc) is 2.86. The van der Waals surface area contributed by atoms with E-state index in [0.717, 1.165) is 27.9 Å². The van der Waals surface area contributed by atoms with Gasteiger partial charge in [-0.1, -0.05) is 51.1 Å².